The largest absolute Gasteiger partial charge is 0.492 e. The molecule has 0 saturated carbocycles. The fourth-order valence-corrected chi connectivity index (χ4v) is 6.15. The molecule has 2 aromatic carbocycles. The Kier molecular flexibility index (Phi) is 9.21. The lowest BCUT2D eigenvalue weighted by atomic mass is 10.2. The average molecular weight is 588 g/mol. The van der Waals surface area contributed by atoms with Gasteiger partial charge in [-0.05, 0) is 31.2 Å². The predicted octanol–water partition coefficient (Wildman–Crippen LogP) is 4.95. The van der Waals surface area contributed by atoms with Gasteiger partial charge in [0.05, 0.1) is 28.8 Å². The molecular weight excluding hydrogens is 555 g/mol. The molecule has 1 aromatic heterocycles. The summed E-state index contributed by atoms with van der Waals surface area (Å²) in [6, 6.07) is 17.8. The van der Waals surface area contributed by atoms with Crippen molar-refractivity contribution in [3.63, 3.8) is 0 Å². The van der Waals surface area contributed by atoms with Gasteiger partial charge in [-0.25, -0.2) is 9.97 Å². The summed E-state index contributed by atoms with van der Waals surface area (Å²) in [4.78, 5) is 30.8. The molecule has 0 atom stereocenters. The molecule has 2 aliphatic rings. The van der Waals surface area contributed by atoms with E-state index in [1.807, 2.05) is 54.3 Å². The number of thioether (sulfide) groups is 1. The van der Waals surface area contributed by atoms with Crippen LogP contribution in [0.15, 0.2) is 59.8 Å². The molecular formula is C28H32Cl2N6O2S. The Bertz CT molecular complexity index is 1280. The van der Waals surface area contributed by atoms with Gasteiger partial charge in [-0.1, -0.05) is 59.2 Å². The normalized spacial score (nSPS) is 16.0. The van der Waals surface area contributed by atoms with Crippen molar-refractivity contribution in [1.29, 1.82) is 0 Å². The fraction of sp³-hybridized carbons (Fsp3) is 0.393. The number of benzene rings is 2. The van der Waals surface area contributed by atoms with Crippen molar-refractivity contribution in [2.75, 3.05) is 79.4 Å². The summed E-state index contributed by atoms with van der Waals surface area (Å²) in [5.41, 5.74) is 2.13. The predicted molar refractivity (Wildman–Crippen MR) is 160 cm³/mol. The monoisotopic (exact) mass is 586 g/mol. The van der Waals surface area contributed by atoms with E-state index in [0.717, 1.165) is 67.2 Å². The zero-order chi connectivity index (χ0) is 27.2. The zero-order valence-electron chi connectivity index (χ0n) is 21.9. The Morgan fingerprint density at radius 3 is 2.18 bits per heavy atom. The first-order valence-corrected chi connectivity index (χ1v) is 14.9. The Hall–Kier alpha value is -2.88. The van der Waals surface area contributed by atoms with Crippen LogP contribution in [0.25, 0.3) is 0 Å². The van der Waals surface area contributed by atoms with Crippen LogP contribution in [0.3, 0.4) is 0 Å². The fourth-order valence-electron chi connectivity index (χ4n) is 4.91. The van der Waals surface area contributed by atoms with E-state index in [9.17, 15) is 4.79 Å². The number of hydrogen-bond donors (Lipinski definition) is 0. The van der Waals surface area contributed by atoms with E-state index in [1.165, 1.54) is 11.8 Å². The molecule has 3 heterocycles. The van der Waals surface area contributed by atoms with E-state index in [-0.39, 0.29) is 11.7 Å². The molecule has 2 fully saturated rings. The number of rotatable bonds is 8. The number of para-hydroxylation sites is 3. The highest BCUT2D eigenvalue weighted by molar-refractivity contribution is 7.99. The summed E-state index contributed by atoms with van der Waals surface area (Å²) in [5.74, 6) is 2.02. The molecule has 206 valence electrons. The van der Waals surface area contributed by atoms with Crippen molar-refractivity contribution in [2.24, 2.45) is 0 Å². The molecule has 0 spiro atoms. The number of anilines is 3. The molecule has 8 nitrogen and oxygen atoms in total. The zero-order valence-corrected chi connectivity index (χ0v) is 24.3. The maximum Gasteiger partial charge on any atom is 0.233 e. The van der Waals surface area contributed by atoms with Gasteiger partial charge >= 0.3 is 0 Å². The minimum Gasteiger partial charge on any atom is -0.492 e. The molecule has 2 aliphatic heterocycles. The minimum atomic E-state index is 0.0798. The first-order chi connectivity index (χ1) is 19.0. The smallest absolute Gasteiger partial charge is 0.233 e. The molecule has 1 amide bonds. The van der Waals surface area contributed by atoms with Crippen molar-refractivity contribution in [3.05, 3.63) is 64.8 Å². The van der Waals surface area contributed by atoms with Gasteiger partial charge in [0.25, 0.3) is 0 Å². The Morgan fingerprint density at radius 1 is 0.846 bits per heavy atom. The Labute approximate surface area is 243 Å². The van der Waals surface area contributed by atoms with Crippen LogP contribution in [0, 0.1) is 0 Å². The van der Waals surface area contributed by atoms with Gasteiger partial charge in [0, 0.05) is 58.4 Å². The number of carbonyl (C=O) groups is 1. The maximum atomic E-state index is 13.0. The van der Waals surface area contributed by atoms with Crippen LogP contribution in [0.4, 0.5) is 17.2 Å². The van der Waals surface area contributed by atoms with Crippen LogP contribution in [-0.4, -0.2) is 85.5 Å². The standard InChI is InChI=1S/C28H32Cl2N6O2S/c1-2-38-24-10-6-5-9-23(24)34-13-17-36(18-14-34)27(37)20-39-28-31-25(30)19-26(32-28)35-15-11-33(12-16-35)22-8-4-3-7-21(22)29/h3-10,19H,2,11-18,20H2,1H3. The Balaban J connectivity index is 1.13. The highest BCUT2D eigenvalue weighted by Crippen LogP contribution is 2.30. The second-order valence-corrected chi connectivity index (χ2v) is 11.1. The van der Waals surface area contributed by atoms with Crippen molar-refractivity contribution in [3.8, 4) is 5.75 Å². The number of hydrogen-bond acceptors (Lipinski definition) is 8. The van der Waals surface area contributed by atoms with Gasteiger partial charge in [-0.15, -0.1) is 0 Å². The van der Waals surface area contributed by atoms with Crippen LogP contribution in [0.2, 0.25) is 10.2 Å². The van der Waals surface area contributed by atoms with Gasteiger partial charge in [-0.3, -0.25) is 4.79 Å². The molecule has 11 heteroatoms. The summed E-state index contributed by atoms with van der Waals surface area (Å²) in [5, 5.41) is 1.66. The SMILES string of the molecule is CCOc1ccccc1N1CCN(C(=O)CSc2nc(Cl)cc(N3CCN(c4ccccc4Cl)CC3)n2)CC1. The summed E-state index contributed by atoms with van der Waals surface area (Å²) in [6.45, 7) is 8.70. The topological polar surface area (TPSA) is 65.0 Å². The van der Waals surface area contributed by atoms with Crippen LogP contribution in [-0.2, 0) is 4.79 Å². The lowest BCUT2D eigenvalue weighted by Gasteiger charge is -2.37. The molecule has 39 heavy (non-hydrogen) atoms. The van der Waals surface area contributed by atoms with Gasteiger partial charge in [0.15, 0.2) is 5.16 Å². The number of halogens is 2. The van der Waals surface area contributed by atoms with Gasteiger partial charge in [0.1, 0.15) is 16.7 Å². The molecule has 0 bridgehead atoms. The number of carbonyl (C=O) groups excluding carboxylic acids is 1. The summed E-state index contributed by atoms with van der Waals surface area (Å²) >= 11 is 14.1. The third-order valence-corrected chi connectivity index (χ3v) is 8.27. The van der Waals surface area contributed by atoms with E-state index in [1.54, 1.807) is 6.07 Å². The lowest BCUT2D eigenvalue weighted by Crippen LogP contribution is -2.49. The van der Waals surface area contributed by atoms with Gasteiger partial charge in [-0.2, -0.15) is 0 Å². The molecule has 3 aromatic rings. The highest BCUT2D eigenvalue weighted by atomic mass is 35.5. The molecule has 2 saturated heterocycles. The second kappa shape index (κ2) is 13.0. The van der Waals surface area contributed by atoms with Crippen LogP contribution >= 0.6 is 35.0 Å². The third kappa shape index (κ3) is 6.83. The summed E-state index contributed by atoms with van der Waals surface area (Å²) < 4.78 is 5.78. The molecule has 0 N–H and O–H groups in total. The maximum absolute atomic E-state index is 13.0. The first-order valence-electron chi connectivity index (χ1n) is 13.2. The number of ether oxygens (including phenoxy) is 1. The molecule has 0 aliphatic carbocycles. The van der Waals surface area contributed by atoms with Crippen LogP contribution in [0.1, 0.15) is 6.92 Å². The van der Waals surface area contributed by atoms with Crippen LogP contribution in [0.5, 0.6) is 5.75 Å². The van der Waals surface area contributed by atoms with E-state index in [4.69, 9.17) is 32.9 Å². The first kappa shape index (κ1) is 27.7. The number of piperazine rings is 2. The minimum absolute atomic E-state index is 0.0798. The third-order valence-electron chi connectivity index (χ3n) is 6.92. The van der Waals surface area contributed by atoms with E-state index >= 15 is 0 Å². The van der Waals surface area contributed by atoms with Crippen molar-refractivity contribution in [1.82, 2.24) is 14.9 Å². The van der Waals surface area contributed by atoms with E-state index in [0.29, 0.717) is 30.0 Å². The van der Waals surface area contributed by atoms with Crippen molar-refractivity contribution in [2.45, 2.75) is 12.1 Å². The van der Waals surface area contributed by atoms with Gasteiger partial charge in [0.2, 0.25) is 5.91 Å². The lowest BCUT2D eigenvalue weighted by molar-refractivity contribution is -0.128. The summed E-state index contributed by atoms with van der Waals surface area (Å²) in [6.07, 6.45) is 0. The molecule has 5 rings (SSSR count). The van der Waals surface area contributed by atoms with E-state index < -0.39 is 0 Å². The van der Waals surface area contributed by atoms with E-state index in [2.05, 4.69) is 25.8 Å². The average Bonchev–Trinajstić information content (AvgIpc) is 2.97. The van der Waals surface area contributed by atoms with Crippen molar-refractivity contribution >= 4 is 58.1 Å². The molecule has 0 radical (unpaired) electrons. The quantitative estimate of drug-likeness (QED) is 0.209. The number of amides is 1. The second-order valence-electron chi connectivity index (χ2n) is 9.31. The van der Waals surface area contributed by atoms with Crippen LogP contribution < -0.4 is 19.4 Å². The highest BCUT2D eigenvalue weighted by Gasteiger charge is 2.24. The Morgan fingerprint density at radius 2 is 1.46 bits per heavy atom. The van der Waals surface area contributed by atoms with Crippen molar-refractivity contribution < 1.29 is 9.53 Å². The van der Waals surface area contributed by atoms with Gasteiger partial charge < -0.3 is 24.3 Å². The number of nitrogens with zero attached hydrogens (tertiary/aromatic N) is 6. The summed E-state index contributed by atoms with van der Waals surface area (Å²) in [7, 11) is 0. The molecule has 0 unspecified atom stereocenters. The number of aromatic nitrogens is 2.